The number of halogens is 1. The number of amides is 1. The third-order valence-corrected chi connectivity index (χ3v) is 4.91. The lowest BCUT2D eigenvalue weighted by atomic mass is 10.1. The molecular weight excluding hydrogens is 397 g/mol. The highest BCUT2D eigenvalue weighted by Crippen LogP contribution is 2.17. The van der Waals surface area contributed by atoms with Gasteiger partial charge in [-0.15, -0.1) is 0 Å². The van der Waals surface area contributed by atoms with Crippen molar-refractivity contribution in [2.75, 3.05) is 7.11 Å². The minimum absolute atomic E-state index is 0.0856. The second-order valence-corrected chi connectivity index (χ2v) is 7.05. The molecule has 4 aromatic rings. The molecule has 1 amide bonds. The molecular formula is C24H20FN3O3. The van der Waals surface area contributed by atoms with Gasteiger partial charge in [-0.1, -0.05) is 24.3 Å². The smallest absolute Gasteiger partial charge is 0.258 e. The second-order valence-electron chi connectivity index (χ2n) is 7.05. The van der Waals surface area contributed by atoms with E-state index >= 15 is 0 Å². The van der Waals surface area contributed by atoms with Gasteiger partial charge in [0.15, 0.2) is 0 Å². The van der Waals surface area contributed by atoms with Gasteiger partial charge in [0.05, 0.1) is 24.6 Å². The van der Waals surface area contributed by atoms with Crippen molar-refractivity contribution in [2.45, 2.75) is 13.1 Å². The molecule has 6 nitrogen and oxygen atoms in total. The zero-order valence-corrected chi connectivity index (χ0v) is 16.8. The Hall–Kier alpha value is -4.00. The average Bonchev–Trinajstić information content (AvgIpc) is 2.80. The van der Waals surface area contributed by atoms with E-state index in [0.717, 1.165) is 5.56 Å². The number of aromatic nitrogens is 2. The largest absolute Gasteiger partial charge is 0.497 e. The Morgan fingerprint density at radius 3 is 2.42 bits per heavy atom. The fourth-order valence-electron chi connectivity index (χ4n) is 3.32. The van der Waals surface area contributed by atoms with Gasteiger partial charge in [0.2, 0.25) is 0 Å². The van der Waals surface area contributed by atoms with Crippen LogP contribution in [0, 0.1) is 5.82 Å². The molecule has 1 heterocycles. The lowest BCUT2D eigenvalue weighted by molar-refractivity contribution is 0.0725. The molecule has 0 radical (unpaired) electrons. The maximum absolute atomic E-state index is 13.3. The molecule has 0 fully saturated rings. The quantitative estimate of drug-likeness (QED) is 0.516. The summed E-state index contributed by atoms with van der Waals surface area (Å²) >= 11 is 0. The van der Waals surface area contributed by atoms with E-state index in [-0.39, 0.29) is 30.4 Å². The topological polar surface area (TPSA) is 75.3 Å². The van der Waals surface area contributed by atoms with Gasteiger partial charge in [-0.25, -0.2) is 9.37 Å². The van der Waals surface area contributed by atoms with Crippen LogP contribution >= 0.6 is 0 Å². The number of nitrogens with one attached hydrogen (secondary N) is 1. The van der Waals surface area contributed by atoms with Crippen molar-refractivity contribution in [3.63, 3.8) is 0 Å². The zero-order valence-electron chi connectivity index (χ0n) is 16.8. The summed E-state index contributed by atoms with van der Waals surface area (Å²) in [5, 5.41) is 0.484. The minimum Gasteiger partial charge on any atom is -0.497 e. The maximum Gasteiger partial charge on any atom is 0.258 e. The van der Waals surface area contributed by atoms with Crippen LogP contribution in [0.15, 0.2) is 77.6 Å². The molecule has 0 saturated carbocycles. The van der Waals surface area contributed by atoms with Gasteiger partial charge >= 0.3 is 0 Å². The minimum atomic E-state index is -0.350. The Labute approximate surface area is 177 Å². The van der Waals surface area contributed by atoms with Gasteiger partial charge in [0.25, 0.3) is 11.5 Å². The third kappa shape index (κ3) is 4.61. The van der Waals surface area contributed by atoms with Crippen molar-refractivity contribution in [3.05, 3.63) is 106 Å². The number of benzene rings is 3. The average molecular weight is 417 g/mol. The molecule has 4 rings (SSSR count). The van der Waals surface area contributed by atoms with Crippen molar-refractivity contribution in [2.24, 2.45) is 0 Å². The van der Waals surface area contributed by atoms with Crippen molar-refractivity contribution in [3.8, 4) is 5.75 Å². The molecule has 1 aromatic heterocycles. The summed E-state index contributed by atoms with van der Waals surface area (Å²) in [6.45, 7) is 0.310. The molecule has 31 heavy (non-hydrogen) atoms. The lowest BCUT2D eigenvalue weighted by Crippen LogP contribution is -2.31. The highest BCUT2D eigenvalue weighted by Gasteiger charge is 2.19. The van der Waals surface area contributed by atoms with Crippen molar-refractivity contribution in [1.29, 1.82) is 0 Å². The predicted octanol–water partition coefficient (Wildman–Crippen LogP) is 3.91. The molecule has 1 N–H and O–H groups in total. The number of fused-ring (bicyclic) bond motifs is 1. The number of para-hydroxylation sites is 1. The summed E-state index contributed by atoms with van der Waals surface area (Å²) in [7, 11) is 1.55. The SMILES string of the molecule is COc1ccc(C(=O)N(Cc2ccc(F)cc2)Cc2nc3ccccc3c(=O)[nH]2)cc1. The molecule has 7 heteroatoms. The van der Waals surface area contributed by atoms with Crippen LogP contribution in [0.25, 0.3) is 10.9 Å². The molecule has 0 spiro atoms. The van der Waals surface area contributed by atoms with Crippen LogP contribution in [0.5, 0.6) is 5.75 Å². The number of rotatable bonds is 6. The summed E-state index contributed by atoms with van der Waals surface area (Å²) in [4.78, 5) is 34.5. The molecule has 0 aliphatic carbocycles. The number of hydrogen-bond donors (Lipinski definition) is 1. The highest BCUT2D eigenvalue weighted by atomic mass is 19.1. The van der Waals surface area contributed by atoms with E-state index in [1.807, 2.05) is 0 Å². The summed E-state index contributed by atoms with van der Waals surface area (Å²) in [5.74, 6) is 0.412. The van der Waals surface area contributed by atoms with Crippen molar-refractivity contribution in [1.82, 2.24) is 14.9 Å². The van der Waals surface area contributed by atoms with E-state index in [0.29, 0.717) is 28.0 Å². The van der Waals surface area contributed by atoms with Crippen LogP contribution in [0.3, 0.4) is 0 Å². The van der Waals surface area contributed by atoms with Gasteiger partial charge in [-0.05, 0) is 54.1 Å². The Kier molecular flexibility index (Phi) is 5.75. The molecule has 156 valence electrons. The zero-order chi connectivity index (χ0) is 21.8. The van der Waals surface area contributed by atoms with E-state index in [1.54, 1.807) is 72.7 Å². The van der Waals surface area contributed by atoms with E-state index in [9.17, 15) is 14.0 Å². The van der Waals surface area contributed by atoms with Crippen LogP contribution in [0.1, 0.15) is 21.7 Å². The van der Waals surface area contributed by atoms with E-state index in [1.165, 1.54) is 12.1 Å². The van der Waals surface area contributed by atoms with Crippen LogP contribution < -0.4 is 10.3 Å². The number of ether oxygens (including phenoxy) is 1. The summed E-state index contributed by atoms with van der Waals surface area (Å²) < 4.78 is 18.5. The third-order valence-electron chi connectivity index (χ3n) is 4.91. The summed E-state index contributed by atoms with van der Waals surface area (Å²) in [6, 6.07) is 19.7. The second kappa shape index (κ2) is 8.79. The number of carbonyl (C=O) groups is 1. The maximum atomic E-state index is 13.3. The van der Waals surface area contributed by atoms with Crippen LogP contribution in [0.4, 0.5) is 4.39 Å². The molecule has 0 unspecified atom stereocenters. The number of methoxy groups -OCH3 is 1. The Morgan fingerprint density at radius 2 is 1.71 bits per heavy atom. The first-order valence-corrected chi connectivity index (χ1v) is 9.69. The van der Waals surface area contributed by atoms with E-state index in [4.69, 9.17) is 4.74 Å². The lowest BCUT2D eigenvalue weighted by Gasteiger charge is -2.23. The van der Waals surface area contributed by atoms with Crippen molar-refractivity contribution < 1.29 is 13.9 Å². The first kappa shape index (κ1) is 20.3. The van der Waals surface area contributed by atoms with Gasteiger partial charge in [-0.3, -0.25) is 9.59 Å². The number of hydrogen-bond acceptors (Lipinski definition) is 4. The van der Waals surface area contributed by atoms with Gasteiger partial charge in [0, 0.05) is 12.1 Å². The predicted molar refractivity (Wildman–Crippen MR) is 115 cm³/mol. The fraction of sp³-hybridized carbons (Fsp3) is 0.125. The first-order chi connectivity index (χ1) is 15.0. The van der Waals surface area contributed by atoms with Gasteiger partial charge < -0.3 is 14.6 Å². The Bertz CT molecular complexity index is 1270. The number of carbonyl (C=O) groups excluding carboxylic acids is 1. The number of H-pyrrole nitrogens is 1. The first-order valence-electron chi connectivity index (χ1n) is 9.69. The molecule has 0 aliphatic rings. The Balaban J connectivity index is 1.68. The molecule has 0 aliphatic heterocycles. The fourth-order valence-corrected chi connectivity index (χ4v) is 3.32. The number of nitrogens with zero attached hydrogens (tertiary/aromatic N) is 2. The standard InChI is InChI=1S/C24H20FN3O3/c1-31-19-12-8-17(9-13-19)24(30)28(14-16-6-10-18(25)11-7-16)15-22-26-21-5-3-2-4-20(21)23(29)27-22/h2-13H,14-15H2,1H3,(H,26,27,29). The molecule has 0 bridgehead atoms. The highest BCUT2D eigenvalue weighted by molar-refractivity contribution is 5.94. The Morgan fingerprint density at radius 1 is 1.00 bits per heavy atom. The number of aromatic amines is 1. The molecule has 0 atom stereocenters. The summed E-state index contributed by atoms with van der Waals surface area (Å²) in [6.07, 6.45) is 0. The van der Waals surface area contributed by atoms with Gasteiger partial charge in [0.1, 0.15) is 17.4 Å². The van der Waals surface area contributed by atoms with Crippen LogP contribution in [-0.2, 0) is 13.1 Å². The van der Waals surface area contributed by atoms with E-state index < -0.39 is 0 Å². The van der Waals surface area contributed by atoms with E-state index in [2.05, 4.69) is 9.97 Å². The molecule has 0 saturated heterocycles. The van der Waals surface area contributed by atoms with Crippen molar-refractivity contribution >= 4 is 16.8 Å². The van der Waals surface area contributed by atoms with Gasteiger partial charge in [-0.2, -0.15) is 0 Å². The normalized spacial score (nSPS) is 10.8. The monoisotopic (exact) mass is 417 g/mol. The summed E-state index contributed by atoms with van der Waals surface area (Å²) in [5.41, 5.74) is 1.51. The van der Waals surface area contributed by atoms with Crippen LogP contribution in [-0.4, -0.2) is 27.9 Å². The molecule has 3 aromatic carbocycles. The van der Waals surface area contributed by atoms with Crippen LogP contribution in [0.2, 0.25) is 0 Å².